The van der Waals surface area contributed by atoms with Gasteiger partial charge in [-0.3, -0.25) is 0 Å². The maximum absolute atomic E-state index is 12.7. The van der Waals surface area contributed by atoms with E-state index in [1.165, 1.54) is 4.31 Å². The second-order valence-electron chi connectivity index (χ2n) is 4.74. The molecule has 4 nitrogen and oxygen atoms in total. The molecule has 20 heavy (non-hydrogen) atoms. The molecule has 6 heteroatoms. The first-order valence-electron chi connectivity index (χ1n) is 6.56. The van der Waals surface area contributed by atoms with Crippen LogP contribution in [0.15, 0.2) is 23.1 Å². The van der Waals surface area contributed by atoms with Gasteiger partial charge in [-0.15, -0.1) is 0 Å². The van der Waals surface area contributed by atoms with Crippen molar-refractivity contribution in [3.8, 4) is 0 Å². The van der Waals surface area contributed by atoms with E-state index in [0.29, 0.717) is 11.1 Å². The Kier molecular flexibility index (Phi) is 6.51. The van der Waals surface area contributed by atoms with E-state index in [-0.39, 0.29) is 17.5 Å². The molecule has 0 aliphatic carbocycles. The Hall–Kier alpha value is -0.560. The fourth-order valence-corrected chi connectivity index (χ4v) is 4.77. The molecule has 0 aliphatic heterocycles. The molecule has 1 aromatic rings. The molecule has 0 bridgehead atoms. The molecule has 1 atom stereocenters. The fraction of sp³-hybridized carbons (Fsp3) is 0.571. The molecule has 0 fully saturated rings. The van der Waals surface area contributed by atoms with E-state index in [2.05, 4.69) is 0 Å². The smallest absolute Gasteiger partial charge is 0.243 e. The zero-order valence-electron chi connectivity index (χ0n) is 12.5. The standard InChI is InChI=1S/C14H23NO3S2/c1-5-13(10-19-4)15(3)20(17,18)14-8-6-7-12(9-16)11(14)2/h6-8,13,16H,5,9-10H2,1-4H3. The van der Waals surface area contributed by atoms with Crippen molar-refractivity contribution in [1.82, 2.24) is 4.31 Å². The average Bonchev–Trinajstić information content (AvgIpc) is 2.44. The quantitative estimate of drug-likeness (QED) is 0.838. The van der Waals surface area contributed by atoms with E-state index in [4.69, 9.17) is 0 Å². The molecule has 0 radical (unpaired) electrons. The van der Waals surface area contributed by atoms with Gasteiger partial charge in [0.15, 0.2) is 0 Å². The lowest BCUT2D eigenvalue weighted by Crippen LogP contribution is -2.38. The Morgan fingerprint density at radius 3 is 2.55 bits per heavy atom. The van der Waals surface area contributed by atoms with E-state index in [1.54, 1.807) is 43.9 Å². The summed E-state index contributed by atoms with van der Waals surface area (Å²) in [7, 11) is -1.90. The van der Waals surface area contributed by atoms with Gasteiger partial charge in [0, 0.05) is 18.8 Å². The molecule has 0 saturated carbocycles. The van der Waals surface area contributed by atoms with E-state index in [1.807, 2.05) is 13.2 Å². The lowest BCUT2D eigenvalue weighted by Gasteiger charge is -2.27. The Morgan fingerprint density at radius 1 is 1.40 bits per heavy atom. The average molecular weight is 317 g/mol. The second-order valence-corrected chi connectivity index (χ2v) is 7.61. The van der Waals surface area contributed by atoms with Gasteiger partial charge in [-0.25, -0.2) is 8.42 Å². The van der Waals surface area contributed by atoms with Gasteiger partial charge < -0.3 is 5.11 Å². The minimum Gasteiger partial charge on any atom is -0.392 e. The van der Waals surface area contributed by atoms with Crippen LogP contribution in [0.25, 0.3) is 0 Å². The van der Waals surface area contributed by atoms with Gasteiger partial charge in [0.25, 0.3) is 0 Å². The van der Waals surface area contributed by atoms with Crippen LogP contribution in [-0.2, 0) is 16.6 Å². The van der Waals surface area contributed by atoms with E-state index in [0.717, 1.165) is 12.2 Å². The van der Waals surface area contributed by atoms with Gasteiger partial charge in [0.05, 0.1) is 11.5 Å². The SMILES string of the molecule is CCC(CSC)N(C)S(=O)(=O)c1cccc(CO)c1C. The lowest BCUT2D eigenvalue weighted by atomic mass is 10.1. The summed E-state index contributed by atoms with van der Waals surface area (Å²) in [5, 5.41) is 9.28. The molecule has 0 heterocycles. The van der Waals surface area contributed by atoms with E-state index < -0.39 is 10.0 Å². The minimum atomic E-state index is -3.53. The molecule has 1 unspecified atom stereocenters. The first-order valence-corrected chi connectivity index (χ1v) is 9.39. The molecule has 0 saturated heterocycles. The Morgan fingerprint density at radius 2 is 2.05 bits per heavy atom. The van der Waals surface area contributed by atoms with Gasteiger partial charge >= 0.3 is 0 Å². The molecule has 0 aliphatic rings. The van der Waals surface area contributed by atoms with Crippen molar-refractivity contribution in [3.63, 3.8) is 0 Å². The van der Waals surface area contributed by atoms with Crippen molar-refractivity contribution in [2.45, 2.75) is 37.8 Å². The van der Waals surface area contributed by atoms with Crippen molar-refractivity contribution in [2.24, 2.45) is 0 Å². The van der Waals surface area contributed by atoms with Crippen LogP contribution in [0.1, 0.15) is 24.5 Å². The Bertz CT molecular complexity index is 543. The predicted molar refractivity (Wildman–Crippen MR) is 84.5 cm³/mol. The van der Waals surface area contributed by atoms with Crippen molar-refractivity contribution in [3.05, 3.63) is 29.3 Å². The molecule has 0 amide bonds. The zero-order valence-corrected chi connectivity index (χ0v) is 14.1. The van der Waals surface area contributed by atoms with Crippen LogP contribution in [0.3, 0.4) is 0 Å². The Balaban J connectivity index is 3.22. The van der Waals surface area contributed by atoms with Crippen LogP contribution >= 0.6 is 11.8 Å². The molecule has 1 rings (SSSR count). The van der Waals surface area contributed by atoms with Gasteiger partial charge in [0.1, 0.15) is 0 Å². The number of hydrogen-bond donors (Lipinski definition) is 1. The number of hydrogen-bond acceptors (Lipinski definition) is 4. The fourth-order valence-electron chi connectivity index (χ4n) is 2.13. The summed E-state index contributed by atoms with van der Waals surface area (Å²) in [5.74, 6) is 0.769. The van der Waals surface area contributed by atoms with Gasteiger partial charge in [-0.2, -0.15) is 16.1 Å². The molecule has 114 valence electrons. The summed E-state index contributed by atoms with van der Waals surface area (Å²) in [6.07, 6.45) is 2.75. The van der Waals surface area contributed by atoms with Crippen molar-refractivity contribution >= 4 is 21.8 Å². The normalized spacial score (nSPS) is 13.7. The molecular formula is C14H23NO3S2. The molecule has 0 aromatic heterocycles. The van der Waals surface area contributed by atoms with E-state index in [9.17, 15) is 13.5 Å². The van der Waals surface area contributed by atoms with Crippen LogP contribution in [0.4, 0.5) is 0 Å². The van der Waals surface area contributed by atoms with Crippen molar-refractivity contribution in [1.29, 1.82) is 0 Å². The molecular weight excluding hydrogens is 294 g/mol. The number of aliphatic hydroxyl groups is 1. The number of sulfonamides is 1. The third-order valence-corrected chi connectivity index (χ3v) is 6.34. The van der Waals surface area contributed by atoms with Gasteiger partial charge in [-0.05, 0) is 36.8 Å². The topological polar surface area (TPSA) is 57.6 Å². The first kappa shape index (κ1) is 17.5. The molecule has 1 N–H and O–H groups in total. The highest BCUT2D eigenvalue weighted by Crippen LogP contribution is 2.24. The Labute approximate surface area is 126 Å². The van der Waals surface area contributed by atoms with E-state index >= 15 is 0 Å². The maximum Gasteiger partial charge on any atom is 0.243 e. The number of rotatable bonds is 7. The van der Waals surface area contributed by atoms with Crippen molar-refractivity contribution in [2.75, 3.05) is 19.1 Å². The van der Waals surface area contributed by atoms with Gasteiger partial charge in [-0.1, -0.05) is 19.1 Å². The number of aliphatic hydroxyl groups excluding tert-OH is 1. The van der Waals surface area contributed by atoms with Crippen LogP contribution in [0, 0.1) is 6.92 Å². The summed E-state index contributed by atoms with van der Waals surface area (Å²) in [6.45, 7) is 3.58. The summed E-state index contributed by atoms with van der Waals surface area (Å²) < 4.78 is 26.9. The van der Waals surface area contributed by atoms with Crippen LogP contribution < -0.4 is 0 Å². The highest BCUT2D eigenvalue weighted by atomic mass is 32.2. The van der Waals surface area contributed by atoms with Crippen molar-refractivity contribution < 1.29 is 13.5 Å². The monoisotopic (exact) mass is 317 g/mol. The van der Waals surface area contributed by atoms with Crippen LogP contribution in [0.5, 0.6) is 0 Å². The van der Waals surface area contributed by atoms with Gasteiger partial charge in [0.2, 0.25) is 10.0 Å². The third-order valence-electron chi connectivity index (χ3n) is 3.57. The summed E-state index contributed by atoms with van der Waals surface area (Å²) in [4.78, 5) is 0.283. The minimum absolute atomic E-state index is 0.0211. The number of nitrogens with zero attached hydrogens (tertiary/aromatic N) is 1. The summed E-state index contributed by atoms with van der Waals surface area (Å²) in [6, 6.07) is 5.00. The van der Waals surface area contributed by atoms with Crippen LogP contribution in [-0.4, -0.2) is 42.9 Å². The highest BCUT2D eigenvalue weighted by Gasteiger charge is 2.28. The second kappa shape index (κ2) is 7.45. The first-order chi connectivity index (χ1) is 9.39. The molecule has 0 spiro atoms. The summed E-state index contributed by atoms with van der Waals surface area (Å²) in [5.41, 5.74) is 1.28. The highest BCUT2D eigenvalue weighted by molar-refractivity contribution is 7.98. The number of thioether (sulfide) groups is 1. The molecule has 1 aromatic carbocycles. The zero-order chi connectivity index (χ0) is 15.3. The predicted octanol–water partition coefficient (Wildman–Crippen LogP) is 2.25. The van der Waals surface area contributed by atoms with Crippen LogP contribution in [0.2, 0.25) is 0 Å². The maximum atomic E-state index is 12.7. The largest absolute Gasteiger partial charge is 0.392 e. The third kappa shape index (κ3) is 3.55. The number of benzene rings is 1. The lowest BCUT2D eigenvalue weighted by molar-refractivity contribution is 0.280. The summed E-state index contributed by atoms with van der Waals surface area (Å²) >= 11 is 1.64.